The first kappa shape index (κ1) is 20.2. The number of ketones is 1. The smallest absolute Gasteiger partial charge is 0.185 e. The first-order valence-corrected chi connectivity index (χ1v) is 9.16. The van der Waals surface area contributed by atoms with Crippen LogP contribution in [0.2, 0.25) is 0 Å². The Bertz CT molecular complexity index is 791. The van der Waals surface area contributed by atoms with Crippen molar-refractivity contribution in [3.8, 4) is 0 Å². The molecule has 2 rings (SSSR count). The molecule has 0 atom stereocenters. The van der Waals surface area contributed by atoms with Crippen LogP contribution in [-0.2, 0) is 0 Å². The molecule has 27 heavy (non-hydrogen) atoms. The van der Waals surface area contributed by atoms with Gasteiger partial charge in [0.15, 0.2) is 5.78 Å². The van der Waals surface area contributed by atoms with Crippen molar-refractivity contribution in [1.82, 2.24) is 0 Å². The summed E-state index contributed by atoms with van der Waals surface area (Å²) >= 11 is 0. The van der Waals surface area contributed by atoms with Gasteiger partial charge in [-0.1, -0.05) is 18.2 Å². The van der Waals surface area contributed by atoms with E-state index in [2.05, 4.69) is 18.7 Å². The largest absolute Gasteiger partial charge is 0.530 e. The zero-order valence-corrected chi connectivity index (χ0v) is 16.0. The van der Waals surface area contributed by atoms with Crippen molar-refractivity contribution in [1.29, 1.82) is 0 Å². The Kier molecular flexibility index (Phi) is 7.17. The zero-order chi connectivity index (χ0) is 19.8. The second-order valence-electron chi connectivity index (χ2n) is 6.02. The van der Waals surface area contributed by atoms with Crippen LogP contribution in [0.25, 0.3) is 6.08 Å². The average Bonchev–Trinajstić information content (AvgIpc) is 2.69. The number of nitrogens with zero attached hydrogens (tertiary/aromatic N) is 2. The van der Waals surface area contributed by atoms with Gasteiger partial charge in [-0.05, 0) is 68.8 Å². The second kappa shape index (κ2) is 9.57. The maximum absolute atomic E-state index is 12.3. The lowest BCUT2D eigenvalue weighted by molar-refractivity contribution is -0.246. The number of carbonyl (C=O) groups is 2. The van der Waals surface area contributed by atoms with E-state index in [0.717, 1.165) is 29.2 Å². The van der Waals surface area contributed by atoms with Crippen LogP contribution in [0, 0.1) is 0 Å². The van der Waals surface area contributed by atoms with Gasteiger partial charge in [0, 0.05) is 36.6 Å². The third-order valence-electron chi connectivity index (χ3n) is 4.45. The van der Waals surface area contributed by atoms with E-state index in [1.807, 2.05) is 24.3 Å². The third kappa shape index (κ3) is 5.20. The number of amides is 1. The molecule has 0 saturated carbocycles. The predicted octanol–water partition coefficient (Wildman–Crippen LogP) is 3.60. The van der Waals surface area contributed by atoms with Crippen LogP contribution in [-0.4, -0.2) is 31.5 Å². The molecule has 0 N–H and O–H groups in total. The van der Waals surface area contributed by atoms with Crippen LogP contribution in [0.4, 0.5) is 16.2 Å². The molecule has 142 valence electrons. The number of hydrogen-bond donors (Lipinski definition) is 0. The Labute approximate surface area is 160 Å². The van der Waals surface area contributed by atoms with Crippen LogP contribution >= 0.6 is 0 Å². The molecule has 2 aromatic carbocycles. The van der Waals surface area contributed by atoms with Crippen LogP contribution in [0.3, 0.4) is 0 Å². The number of anilines is 2. The summed E-state index contributed by atoms with van der Waals surface area (Å²) in [5, 5.41) is 11.0. The van der Waals surface area contributed by atoms with Gasteiger partial charge in [0.25, 0.3) is 0 Å². The highest BCUT2D eigenvalue weighted by molar-refractivity contribution is 6.07. The van der Waals surface area contributed by atoms with Crippen molar-refractivity contribution < 1.29 is 14.7 Å². The molecule has 0 saturated heterocycles. The Morgan fingerprint density at radius 1 is 0.852 bits per heavy atom. The summed E-state index contributed by atoms with van der Waals surface area (Å²) in [5.74, 6) is -0.133. The average molecular weight is 365 g/mol. The van der Waals surface area contributed by atoms with Gasteiger partial charge in [-0.25, -0.2) is 0 Å². The highest BCUT2D eigenvalue weighted by Crippen LogP contribution is 2.17. The van der Waals surface area contributed by atoms with E-state index < -0.39 is 6.09 Å². The van der Waals surface area contributed by atoms with Crippen LogP contribution in [0.5, 0.6) is 0 Å². The van der Waals surface area contributed by atoms with Gasteiger partial charge in [0.2, 0.25) is 0 Å². The summed E-state index contributed by atoms with van der Waals surface area (Å²) in [7, 11) is 0. The van der Waals surface area contributed by atoms with E-state index >= 15 is 0 Å². The fourth-order valence-electron chi connectivity index (χ4n) is 2.88. The molecule has 0 radical (unpaired) electrons. The van der Waals surface area contributed by atoms with Gasteiger partial charge in [0.05, 0.1) is 0 Å². The summed E-state index contributed by atoms with van der Waals surface area (Å²) < 4.78 is 0. The Hall–Kier alpha value is -3.08. The van der Waals surface area contributed by atoms with Gasteiger partial charge in [0.1, 0.15) is 6.09 Å². The quantitative estimate of drug-likeness (QED) is 0.530. The van der Waals surface area contributed by atoms with Crippen LogP contribution < -0.4 is 14.9 Å². The van der Waals surface area contributed by atoms with Gasteiger partial charge in [-0.2, -0.15) is 0 Å². The van der Waals surface area contributed by atoms with E-state index in [1.165, 1.54) is 6.08 Å². The lowest BCUT2D eigenvalue weighted by Crippen LogP contribution is -2.41. The molecule has 5 nitrogen and oxygen atoms in total. The monoisotopic (exact) mass is 365 g/mol. The molecule has 0 aromatic heterocycles. The number of allylic oxidation sites excluding steroid dienone is 1. The van der Waals surface area contributed by atoms with Gasteiger partial charge in [-0.15, -0.1) is 0 Å². The summed E-state index contributed by atoms with van der Waals surface area (Å²) in [6, 6.07) is 14.5. The maximum atomic E-state index is 12.3. The van der Waals surface area contributed by atoms with Crippen molar-refractivity contribution in [2.45, 2.75) is 20.8 Å². The number of rotatable bonds is 8. The number of carboxylic acid groups (broad SMARTS) is 1. The van der Waals surface area contributed by atoms with Crippen molar-refractivity contribution >= 4 is 29.3 Å². The standard InChI is InChI=1S/C22H26N2O3/c1-4-23(5-2)19-12-7-17(8-13-19)9-16-21(25)18-10-14-20(15-11-18)24(6-3)22(26)27/h7-16H,4-6H2,1-3H3,(H,26,27)/p-1. The fourth-order valence-corrected chi connectivity index (χ4v) is 2.88. The molecule has 0 aliphatic carbocycles. The Balaban J connectivity index is 2.07. The van der Waals surface area contributed by atoms with Crippen molar-refractivity contribution in [3.63, 3.8) is 0 Å². The molecule has 0 fully saturated rings. The molecule has 0 aliphatic heterocycles. The van der Waals surface area contributed by atoms with E-state index in [9.17, 15) is 14.7 Å². The molecule has 0 spiro atoms. The lowest BCUT2D eigenvalue weighted by atomic mass is 10.1. The summed E-state index contributed by atoms with van der Waals surface area (Å²) in [4.78, 5) is 26.7. The molecular formula is C22H25N2O3-. The van der Waals surface area contributed by atoms with E-state index in [-0.39, 0.29) is 5.78 Å². The summed E-state index contributed by atoms with van der Waals surface area (Å²) in [6.45, 7) is 8.16. The van der Waals surface area contributed by atoms with Crippen molar-refractivity contribution in [2.24, 2.45) is 0 Å². The first-order valence-electron chi connectivity index (χ1n) is 9.16. The second-order valence-corrected chi connectivity index (χ2v) is 6.02. The Morgan fingerprint density at radius 2 is 1.41 bits per heavy atom. The highest BCUT2D eigenvalue weighted by Gasteiger charge is 2.07. The van der Waals surface area contributed by atoms with Crippen LogP contribution in [0.1, 0.15) is 36.7 Å². The van der Waals surface area contributed by atoms with Crippen LogP contribution in [0.15, 0.2) is 54.6 Å². The number of benzene rings is 2. The Morgan fingerprint density at radius 3 is 1.89 bits per heavy atom. The van der Waals surface area contributed by atoms with Crippen molar-refractivity contribution in [3.05, 3.63) is 65.7 Å². The molecule has 0 unspecified atom stereocenters. The minimum Gasteiger partial charge on any atom is -0.530 e. The normalized spacial score (nSPS) is 10.8. The van der Waals surface area contributed by atoms with Gasteiger partial charge < -0.3 is 19.7 Å². The minimum absolute atomic E-state index is 0.133. The zero-order valence-electron chi connectivity index (χ0n) is 16.0. The fraction of sp³-hybridized carbons (Fsp3) is 0.273. The molecule has 5 heteroatoms. The van der Waals surface area contributed by atoms with Gasteiger partial charge >= 0.3 is 0 Å². The number of carbonyl (C=O) groups excluding carboxylic acids is 2. The molecule has 0 bridgehead atoms. The molecule has 0 aliphatic rings. The lowest BCUT2D eigenvalue weighted by Gasteiger charge is -2.23. The van der Waals surface area contributed by atoms with E-state index in [1.54, 1.807) is 37.3 Å². The minimum atomic E-state index is -1.26. The molecular weight excluding hydrogens is 340 g/mol. The van der Waals surface area contributed by atoms with Gasteiger partial charge in [-0.3, -0.25) is 4.79 Å². The highest BCUT2D eigenvalue weighted by atomic mass is 16.4. The third-order valence-corrected chi connectivity index (χ3v) is 4.45. The predicted molar refractivity (Wildman–Crippen MR) is 108 cm³/mol. The maximum Gasteiger partial charge on any atom is 0.185 e. The first-order chi connectivity index (χ1) is 13.0. The topological polar surface area (TPSA) is 63.7 Å². The molecule has 2 aromatic rings. The van der Waals surface area contributed by atoms with Crippen molar-refractivity contribution in [2.75, 3.05) is 29.4 Å². The van der Waals surface area contributed by atoms with E-state index in [0.29, 0.717) is 17.8 Å². The number of hydrogen-bond acceptors (Lipinski definition) is 4. The SMILES string of the molecule is CCN(CC)c1ccc(C=CC(=O)c2ccc(N(CC)C(=O)[O-])cc2)cc1. The summed E-state index contributed by atoms with van der Waals surface area (Å²) in [5.41, 5.74) is 3.10. The molecule has 0 heterocycles. The summed E-state index contributed by atoms with van der Waals surface area (Å²) in [6.07, 6.45) is 2.05. The van der Waals surface area contributed by atoms with E-state index in [4.69, 9.17) is 0 Å². The molecule has 1 amide bonds.